The molecule has 1 aromatic heterocycles. The monoisotopic (exact) mass is 409 g/mol. The number of benzene rings is 2. The molecule has 0 radical (unpaired) electrons. The number of pyridine rings is 1. The number of anilines is 2. The number of aromatic nitrogens is 1. The second kappa shape index (κ2) is 8.49. The summed E-state index contributed by atoms with van der Waals surface area (Å²) in [5.41, 5.74) is 3.43. The van der Waals surface area contributed by atoms with Crippen LogP contribution < -0.4 is 15.0 Å². The van der Waals surface area contributed by atoms with Crippen molar-refractivity contribution in [1.82, 2.24) is 4.98 Å². The first-order chi connectivity index (χ1) is 14.5. The standard InChI is InChI=1S/C23H21F2N3O2/c1-15(16-8-10-18(11-9-16)30-23(24)25)27-21-19(6-4-13-26-21)22(29)28-14-12-17-5-2-3-7-20(17)28/h2-11,13,15,23H,12,14H2,1H3,(H,26,27). The largest absolute Gasteiger partial charge is 0.435 e. The van der Waals surface area contributed by atoms with E-state index < -0.39 is 6.61 Å². The van der Waals surface area contributed by atoms with Crippen LogP contribution in [0.2, 0.25) is 0 Å². The maximum atomic E-state index is 13.3. The Labute approximate surface area is 173 Å². The lowest BCUT2D eigenvalue weighted by molar-refractivity contribution is -0.0498. The Morgan fingerprint density at radius 1 is 1.10 bits per heavy atom. The van der Waals surface area contributed by atoms with Gasteiger partial charge in [0.25, 0.3) is 5.91 Å². The first kappa shape index (κ1) is 19.8. The van der Waals surface area contributed by atoms with Gasteiger partial charge in [-0.3, -0.25) is 4.79 Å². The molecular weight excluding hydrogens is 388 g/mol. The van der Waals surface area contributed by atoms with Crippen LogP contribution in [0.1, 0.15) is 34.5 Å². The number of nitrogens with zero attached hydrogens (tertiary/aromatic N) is 2. The number of hydrogen-bond donors (Lipinski definition) is 1. The van der Waals surface area contributed by atoms with Crippen LogP contribution in [0.3, 0.4) is 0 Å². The van der Waals surface area contributed by atoms with Crippen LogP contribution in [0.4, 0.5) is 20.3 Å². The summed E-state index contributed by atoms with van der Waals surface area (Å²) in [4.78, 5) is 19.4. The molecule has 0 spiro atoms. The maximum Gasteiger partial charge on any atom is 0.387 e. The Hall–Kier alpha value is -3.48. The highest BCUT2D eigenvalue weighted by atomic mass is 19.3. The topological polar surface area (TPSA) is 54.5 Å². The van der Waals surface area contributed by atoms with E-state index in [0.717, 1.165) is 23.2 Å². The maximum absolute atomic E-state index is 13.3. The number of para-hydroxylation sites is 1. The van der Waals surface area contributed by atoms with Crippen molar-refractivity contribution in [3.05, 3.63) is 83.6 Å². The van der Waals surface area contributed by atoms with E-state index in [9.17, 15) is 13.6 Å². The lowest BCUT2D eigenvalue weighted by Crippen LogP contribution is -2.30. The number of alkyl halides is 2. The molecule has 0 saturated heterocycles. The number of nitrogens with one attached hydrogen (secondary N) is 1. The van der Waals surface area contributed by atoms with E-state index >= 15 is 0 Å². The predicted molar refractivity (Wildman–Crippen MR) is 111 cm³/mol. The summed E-state index contributed by atoms with van der Waals surface area (Å²) in [6.07, 6.45) is 2.46. The quantitative estimate of drug-likeness (QED) is 0.618. The van der Waals surface area contributed by atoms with Gasteiger partial charge in [-0.15, -0.1) is 0 Å². The molecule has 1 aliphatic heterocycles. The third-order valence-corrected chi connectivity index (χ3v) is 5.13. The van der Waals surface area contributed by atoms with Crippen molar-refractivity contribution >= 4 is 17.4 Å². The van der Waals surface area contributed by atoms with Gasteiger partial charge in [-0.25, -0.2) is 4.98 Å². The van der Waals surface area contributed by atoms with E-state index in [1.165, 1.54) is 12.1 Å². The highest BCUT2D eigenvalue weighted by Gasteiger charge is 2.27. The third-order valence-electron chi connectivity index (χ3n) is 5.13. The Balaban J connectivity index is 1.53. The first-order valence-electron chi connectivity index (χ1n) is 9.69. The molecule has 4 rings (SSSR count). The number of halogens is 2. The second-order valence-electron chi connectivity index (χ2n) is 7.05. The second-order valence-corrected chi connectivity index (χ2v) is 7.05. The molecule has 154 valence electrons. The number of hydrogen-bond acceptors (Lipinski definition) is 4. The molecule has 3 aromatic rings. The van der Waals surface area contributed by atoms with Gasteiger partial charge in [-0.2, -0.15) is 8.78 Å². The van der Waals surface area contributed by atoms with Crippen molar-refractivity contribution in [2.75, 3.05) is 16.8 Å². The molecule has 1 unspecified atom stereocenters. The molecule has 0 saturated carbocycles. The molecular formula is C23H21F2N3O2. The van der Waals surface area contributed by atoms with Gasteiger partial charge in [-0.05, 0) is 54.8 Å². The molecule has 2 aromatic carbocycles. The first-order valence-corrected chi connectivity index (χ1v) is 9.69. The summed E-state index contributed by atoms with van der Waals surface area (Å²) >= 11 is 0. The average molecular weight is 409 g/mol. The summed E-state index contributed by atoms with van der Waals surface area (Å²) < 4.78 is 29.0. The van der Waals surface area contributed by atoms with E-state index in [1.807, 2.05) is 31.2 Å². The lowest BCUT2D eigenvalue weighted by Gasteiger charge is -2.21. The molecule has 0 fully saturated rings. The predicted octanol–water partition coefficient (Wildman–Crippen LogP) is 5.06. The van der Waals surface area contributed by atoms with Gasteiger partial charge in [0.2, 0.25) is 0 Å². The van der Waals surface area contributed by atoms with Crippen LogP contribution in [0.15, 0.2) is 66.9 Å². The molecule has 2 heterocycles. The highest BCUT2D eigenvalue weighted by Crippen LogP contribution is 2.31. The molecule has 1 aliphatic rings. The van der Waals surface area contributed by atoms with E-state index in [1.54, 1.807) is 35.4 Å². The van der Waals surface area contributed by atoms with E-state index in [2.05, 4.69) is 15.0 Å². The molecule has 1 N–H and O–H groups in total. The minimum Gasteiger partial charge on any atom is -0.435 e. The Morgan fingerprint density at radius 3 is 2.63 bits per heavy atom. The minimum atomic E-state index is -2.86. The molecule has 1 atom stereocenters. The van der Waals surface area contributed by atoms with Crippen LogP contribution in [0.25, 0.3) is 0 Å². The van der Waals surface area contributed by atoms with E-state index in [0.29, 0.717) is 17.9 Å². The van der Waals surface area contributed by atoms with Crippen molar-refractivity contribution in [2.45, 2.75) is 26.0 Å². The fraction of sp³-hybridized carbons (Fsp3) is 0.217. The van der Waals surface area contributed by atoms with Crippen LogP contribution in [0, 0.1) is 0 Å². The average Bonchev–Trinajstić information content (AvgIpc) is 3.18. The Morgan fingerprint density at radius 2 is 1.87 bits per heavy atom. The number of ether oxygens (including phenoxy) is 1. The van der Waals surface area contributed by atoms with Crippen LogP contribution in [-0.2, 0) is 6.42 Å². The van der Waals surface area contributed by atoms with Crippen molar-refractivity contribution in [2.24, 2.45) is 0 Å². The van der Waals surface area contributed by atoms with Crippen molar-refractivity contribution in [3.63, 3.8) is 0 Å². The molecule has 0 bridgehead atoms. The smallest absolute Gasteiger partial charge is 0.387 e. The van der Waals surface area contributed by atoms with Crippen molar-refractivity contribution in [3.8, 4) is 5.75 Å². The van der Waals surface area contributed by atoms with Gasteiger partial charge in [0.1, 0.15) is 11.6 Å². The number of carbonyl (C=O) groups is 1. The van der Waals surface area contributed by atoms with Gasteiger partial charge in [0.05, 0.1) is 5.56 Å². The number of fused-ring (bicyclic) bond motifs is 1. The zero-order valence-electron chi connectivity index (χ0n) is 16.4. The van der Waals surface area contributed by atoms with Gasteiger partial charge in [0.15, 0.2) is 0 Å². The summed E-state index contributed by atoms with van der Waals surface area (Å²) in [7, 11) is 0. The molecule has 0 aliphatic carbocycles. The fourth-order valence-electron chi connectivity index (χ4n) is 3.61. The number of amides is 1. The minimum absolute atomic E-state index is 0.0994. The van der Waals surface area contributed by atoms with Gasteiger partial charge in [-0.1, -0.05) is 30.3 Å². The zero-order valence-corrected chi connectivity index (χ0v) is 16.4. The summed E-state index contributed by atoms with van der Waals surface area (Å²) in [6, 6.07) is 17.6. The number of rotatable bonds is 6. The number of carbonyl (C=O) groups excluding carboxylic acids is 1. The van der Waals surface area contributed by atoms with Crippen molar-refractivity contribution in [1.29, 1.82) is 0 Å². The molecule has 7 heteroatoms. The summed E-state index contributed by atoms with van der Waals surface area (Å²) in [5, 5.41) is 3.27. The third kappa shape index (κ3) is 4.10. The van der Waals surface area contributed by atoms with Gasteiger partial charge < -0.3 is 15.0 Å². The Bertz CT molecular complexity index is 1040. The van der Waals surface area contributed by atoms with Gasteiger partial charge >= 0.3 is 6.61 Å². The zero-order chi connectivity index (χ0) is 21.1. The van der Waals surface area contributed by atoms with Crippen LogP contribution >= 0.6 is 0 Å². The normalized spacial score (nSPS) is 13.8. The van der Waals surface area contributed by atoms with Gasteiger partial charge in [0, 0.05) is 24.5 Å². The van der Waals surface area contributed by atoms with Crippen molar-refractivity contribution < 1.29 is 18.3 Å². The van der Waals surface area contributed by atoms with E-state index in [-0.39, 0.29) is 17.7 Å². The SMILES string of the molecule is CC(Nc1ncccc1C(=O)N1CCc2ccccc21)c1ccc(OC(F)F)cc1. The lowest BCUT2D eigenvalue weighted by atomic mass is 10.1. The van der Waals surface area contributed by atoms with Crippen LogP contribution in [0.5, 0.6) is 5.75 Å². The molecule has 5 nitrogen and oxygen atoms in total. The fourth-order valence-corrected chi connectivity index (χ4v) is 3.61. The van der Waals surface area contributed by atoms with E-state index in [4.69, 9.17) is 0 Å². The molecule has 30 heavy (non-hydrogen) atoms. The molecule has 1 amide bonds. The summed E-state index contributed by atoms with van der Waals surface area (Å²) in [6.45, 7) is -0.311. The highest BCUT2D eigenvalue weighted by molar-refractivity contribution is 6.10. The summed E-state index contributed by atoms with van der Waals surface area (Å²) in [5.74, 6) is 0.470. The Kier molecular flexibility index (Phi) is 5.61. The van der Waals surface area contributed by atoms with Crippen LogP contribution in [-0.4, -0.2) is 24.0 Å².